The number of hydrogen-bond acceptors (Lipinski definition) is 5. The molecule has 0 aliphatic heterocycles. The van der Waals surface area contributed by atoms with E-state index in [-0.39, 0.29) is 5.56 Å². The maximum atomic E-state index is 12.3. The minimum atomic E-state index is -1.44. The molecule has 21 heavy (non-hydrogen) atoms. The number of nitro groups is 1. The summed E-state index contributed by atoms with van der Waals surface area (Å²) in [7, 11) is 0. The van der Waals surface area contributed by atoms with Gasteiger partial charge in [0.25, 0.3) is 5.69 Å². The van der Waals surface area contributed by atoms with Crippen molar-refractivity contribution in [3.8, 4) is 5.75 Å². The van der Waals surface area contributed by atoms with Crippen LogP contribution in [0.25, 0.3) is 0 Å². The Kier molecular flexibility index (Phi) is 3.66. The summed E-state index contributed by atoms with van der Waals surface area (Å²) in [5, 5.41) is 29.7. The van der Waals surface area contributed by atoms with E-state index in [2.05, 4.69) is 0 Å². The monoisotopic (exact) mass is 287 g/mol. The SMILES string of the molecule is O=C(O)c1cc(O)c(C(=O)c2ccccc2)c([N+](=O)[O-])c1. The molecule has 0 spiro atoms. The molecule has 0 atom stereocenters. The van der Waals surface area contributed by atoms with Crippen LogP contribution < -0.4 is 0 Å². The molecule has 0 aromatic heterocycles. The van der Waals surface area contributed by atoms with E-state index in [0.717, 1.165) is 12.1 Å². The third-order valence-electron chi connectivity index (χ3n) is 2.80. The molecule has 0 aliphatic carbocycles. The molecule has 2 aromatic rings. The first-order chi connectivity index (χ1) is 9.91. The van der Waals surface area contributed by atoms with Gasteiger partial charge in [-0.2, -0.15) is 0 Å². The molecule has 0 unspecified atom stereocenters. The number of phenols is 1. The van der Waals surface area contributed by atoms with E-state index < -0.39 is 39.2 Å². The van der Waals surface area contributed by atoms with Crippen LogP contribution in [-0.2, 0) is 0 Å². The Labute approximate surface area is 118 Å². The van der Waals surface area contributed by atoms with Crippen LogP contribution in [0, 0.1) is 10.1 Å². The van der Waals surface area contributed by atoms with Crippen LogP contribution in [0.5, 0.6) is 5.75 Å². The lowest BCUT2D eigenvalue weighted by molar-refractivity contribution is -0.385. The number of carbonyl (C=O) groups is 2. The first-order valence-corrected chi connectivity index (χ1v) is 5.76. The largest absolute Gasteiger partial charge is 0.507 e. The molecule has 0 amide bonds. The third kappa shape index (κ3) is 2.71. The number of rotatable bonds is 4. The Morgan fingerprint density at radius 3 is 2.19 bits per heavy atom. The smallest absolute Gasteiger partial charge is 0.336 e. The number of hydrogen-bond donors (Lipinski definition) is 2. The molecule has 0 aliphatic rings. The first kappa shape index (κ1) is 14.2. The van der Waals surface area contributed by atoms with E-state index >= 15 is 0 Å². The number of carboxylic acids is 1. The van der Waals surface area contributed by atoms with Gasteiger partial charge < -0.3 is 10.2 Å². The lowest BCUT2D eigenvalue weighted by Gasteiger charge is -2.06. The second kappa shape index (κ2) is 5.41. The summed E-state index contributed by atoms with van der Waals surface area (Å²) in [6, 6.07) is 9.25. The molecule has 2 aromatic carbocycles. The van der Waals surface area contributed by atoms with Gasteiger partial charge in [0.1, 0.15) is 11.3 Å². The van der Waals surface area contributed by atoms with E-state index in [9.17, 15) is 24.8 Å². The van der Waals surface area contributed by atoms with Gasteiger partial charge in [-0.25, -0.2) is 4.79 Å². The van der Waals surface area contributed by atoms with Crippen LogP contribution in [0.3, 0.4) is 0 Å². The summed E-state index contributed by atoms with van der Waals surface area (Å²) in [6.45, 7) is 0. The fourth-order valence-electron chi connectivity index (χ4n) is 1.85. The summed E-state index contributed by atoms with van der Waals surface area (Å²) in [5.74, 6) is -2.93. The molecule has 7 nitrogen and oxygen atoms in total. The van der Waals surface area contributed by atoms with Crippen molar-refractivity contribution in [3.63, 3.8) is 0 Å². The Balaban J connectivity index is 2.66. The van der Waals surface area contributed by atoms with E-state index in [1.807, 2.05) is 0 Å². The van der Waals surface area contributed by atoms with Crippen LogP contribution in [0.1, 0.15) is 26.3 Å². The summed E-state index contributed by atoms with van der Waals surface area (Å²) in [6.07, 6.45) is 0. The lowest BCUT2D eigenvalue weighted by atomic mass is 9.99. The normalized spacial score (nSPS) is 10.1. The lowest BCUT2D eigenvalue weighted by Crippen LogP contribution is -2.08. The highest BCUT2D eigenvalue weighted by Crippen LogP contribution is 2.31. The molecule has 106 valence electrons. The number of benzene rings is 2. The summed E-state index contributed by atoms with van der Waals surface area (Å²) < 4.78 is 0. The van der Waals surface area contributed by atoms with Gasteiger partial charge in [0, 0.05) is 11.6 Å². The van der Waals surface area contributed by atoms with Gasteiger partial charge in [0.05, 0.1) is 10.5 Å². The predicted molar refractivity (Wildman–Crippen MR) is 71.6 cm³/mol. The summed E-state index contributed by atoms with van der Waals surface area (Å²) >= 11 is 0. The maximum Gasteiger partial charge on any atom is 0.336 e. The zero-order chi connectivity index (χ0) is 15.6. The standard InChI is InChI=1S/C14H9NO6/c16-11-7-9(14(18)19)6-10(15(20)21)12(11)13(17)8-4-2-1-3-5-8/h1-7,16H,(H,18,19). The molecular formula is C14H9NO6. The van der Waals surface area contributed by atoms with E-state index in [4.69, 9.17) is 5.11 Å². The van der Waals surface area contributed by atoms with Gasteiger partial charge in [0.15, 0.2) is 0 Å². The zero-order valence-corrected chi connectivity index (χ0v) is 10.5. The predicted octanol–water partition coefficient (Wildman–Crippen LogP) is 2.23. The van der Waals surface area contributed by atoms with Gasteiger partial charge in [-0.3, -0.25) is 14.9 Å². The molecule has 0 heterocycles. The summed E-state index contributed by atoms with van der Waals surface area (Å²) in [5.41, 5.74) is -1.60. The van der Waals surface area contributed by atoms with Crippen LogP contribution in [0.15, 0.2) is 42.5 Å². The highest BCUT2D eigenvalue weighted by molar-refractivity contribution is 6.13. The molecule has 0 saturated heterocycles. The maximum absolute atomic E-state index is 12.3. The number of ketones is 1. The van der Waals surface area contributed by atoms with Crippen LogP contribution in [-0.4, -0.2) is 26.9 Å². The fraction of sp³-hybridized carbons (Fsp3) is 0. The van der Waals surface area contributed by atoms with Crippen molar-refractivity contribution in [3.05, 3.63) is 69.3 Å². The minimum absolute atomic E-state index is 0.152. The van der Waals surface area contributed by atoms with Crippen molar-refractivity contribution in [2.24, 2.45) is 0 Å². The van der Waals surface area contributed by atoms with Crippen molar-refractivity contribution in [2.45, 2.75) is 0 Å². The molecule has 0 saturated carbocycles. The number of carboxylic acid groups (broad SMARTS) is 1. The van der Waals surface area contributed by atoms with Crippen molar-refractivity contribution in [2.75, 3.05) is 0 Å². The van der Waals surface area contributed by atoms with Crippen molar-refractivity contribution >= 4 is 17.4 Å². The van der Waals surface area contributed by atoms with Crippen LogP contribution in [0.2, 0.25) is 0 Å². The topological polar surface area (TPSA) is 118 Å². The van der Waals surface area contributed by atoms with E-state index in [1.54, 1.807) is 18.2 Å². The molecule has 2 rings (SSSR count). The van der Waals surface area contributed by atoms with Crippen molar-refractivity contribution < 1.29 is 24.7 Å². The van der Waals surface area contributed by atoms with Gasteiger partial charge in [-0.15, -0.1) is 0 Å². The summed E-state index contributed by atoms with van der Waals surface area (Å²) in [4.78, 5) is 33.3. The quantitative estimate of drug-likeness (QED) is 0.505. The van der Waals surface area contributed by atoms with Gasteiger partial charge in [-0.05, 0) is 6.07 Å². The number of phenolic OH excluding ortho intramolecular Hbond substituents is 1. The van der Waals surface area contributed by atoms with Crippen LogP contribution in [0.4, 0.5) is 5.69 Å². The van der Waals surface area contributed by atoms with E-state index in [0.29, 0.717) is 0 Å². The number of carbonyl (C=O) groups excluding carboxylic acids is 1. The Hall–Kier alpha value is -3.22. The minimum Gasteiger partial charge on any atom is -0.507 e. The molecular weight excluding hydrogens is 278 g/mol. The average molecular weight is 287 g/mol. The highest BCUT2D eigenvalue weighted by Gasteiger charge is 2.27. The van der Waals surface area contributed by atoms with Crippen molar-refractivity contribution in [1.29, 1.82) is 0 Å². The molecule has 0 radical (unpaired) electrons. The highest BCUT2D eigenvalue weighted by atomic mass is 16.6. The van der Waals surface area contributed by atoms with Gasteiger partial charge in [-0.1, -0.05) is 30.3 Å². The number of nitro benzene ring substituents is 1. The first-order valence-electron chi connectivity index (χ1n) is 5.76. The van der Waals surface area contributed by atoms with Crippen molar-refractivity contribution in [1.82, 2.24) is 0 Å². The van der Waals surface area contributed by atoms with Crippen LogP contribution >= 0.6 is 0 Å². The second-order valence-electron chi connectivity index (χ2n) is 4.15. The average Bonchev–Trinajstić information content (AvgIpc) is 2.46. The number of aromatic carboxylic acids is 1. The number of nitrogens with zero attached hydrogens (tertiary/aromatic N) is 1. The van der Waals surface area contributed by atoms with E-state index in [1.165, 1.54) is 12.1 Å². The molecule has 0 fully saturated rings. The second-order valence-corrected chi connectivity index (χ2v) is 4.15. The molecule has 7 heteroatoms. The zero-order valence-electron chi connectivity index (χ0n) is 10.5. The molecule has 0 bridgehead atoms. The van der Waals surface area contributed by atoms with Gasteiger partial charge >= 0.3 is 5.97 Å². The fourth-order valence-corrected chi connectivity index (χ4v) is 1.85. The Bertz CT molecular complexity index is 739. The Morgan fingerprint density at radius 2 is 1.67 bits per heavy atom. The van der Waals surface area contributed by atoms with Gasteiger partial charge in [0.2, 0.25) is 5.78 Å². The molecule has 2 N–H and O–H groups in total. The Morgan fingerprint density at radius 1 is 1.05 bits per heavy atom. The number of aromatic hydroxyl groups is 1. The third-order valence-corrected chi connectivity index (χ3v) is 2.80.